The minimum Gasteiger partial charge on any atom is -0.325 e. The first kappa shape index (κ1) is 19.2. The van der Waals surface area contributed by atoms with E-state index in [0.29, 0.717) is 24.2 Å². The van der Waals surface area contributed by atoms with Gasteiger partial charge in [0.25, 0.3) is 0 Å². The highest BCUT2D eigenvalue weighted by Gasteiger charge is 2.77. The van der Waals surface area contributed by atoms with E-state index < -0.39 is 33.7 Å². The Balaban J connectivity index is 1.53. The summed E-state index contributed by atoms with van der Waals surface area (Å²) >= 11 is 0. The summed E-state index contributed by atoms with van der Waals surface area (Å²) in [6.07, 6.45) is 0.951. The number of carbonyl (C=O) groups excluding carboxylic acids is 3. The Bertz CT molecular complexity index is 1030. The SMILES string of the molecule is CC1(C)[C@]2(C(=O)Nc3ccc(N=Nc4ccccc4)cc3)CC[C@]1(C)C(=O)C2=O. The van der Waals surface area contributed by atoms with Crippen LogP contribution in [0.3, 0.4) is 0 Å². The quantitative estimate of drug-likeness (QED) is 0.453. The van der Waals surface area contributed by atoms with Gasteiger partial charge in [-0.25, -0.2) is 0 Å². The van der Waals surface area contributed by atoms with Crippen molar-refractivity contribution in [3.05, 3.63) is 54.6 Å². The van der Waals surface area contributed by atoms with E-state index >= 15 is 0 Å². The number of ketones is 2. The van der Waals surface area contributed by atoms with Crippen LogP contribution in [0.5, 0.6) is 0 Å². The molecule has 0 saturated heterocycles. The highest BCUT2D eigenvalue weighted by molar-refractivity contribution is 6.49. The van der Waals surface area contributed by atoms with Gasteiger partial charge in [-0.15, -0.1) is 0 Å². The third-order valence-corrected chi connectivity index (χ3v) is 7.09. The number of fused-ring (bicyclic) bond motifs is 2. The van der Waals surface area contributed by atoms with Crippen LogP contribution < -0.4 is 5.32 Å². The maximum atomic E-state index is 13.2. The number of nitrogens with zero attached hydrogens (tertiary/aromatic N) is 2. The molecule has 0 aliphatic heterocycles. The zero-order valence-electron chi connectivity index (χ0n) is 16.7. The molecular formula is C23H23N3O3. The molecule has 2 saturated carbocycles. The Morgan fingerprint density at radius 3 is 1.97 bits per heavy atom. The van der Waals surface area contributed by atoms with Gasteiger partial charge in [-0.2, -0.15) is 10.2 Å². The minimum atomic E-state index is -1.30. The van der Waals surface area contributed by atoms with E-state index in [9.17, 15) is 14.4 Å². The number of nitrogens with one attached hydrogen (secondary N) is 1. The van der Waals surface area contributed by atoms with E-state index in [-0.39, 0.29) is 0 Å². The van der Waals surface area contributed by atoms with Crippen molar-refractivity contribution in [3.8, 4) is 0 Å². The molecule has 0 heterocycles. The van der Waals surface area contributed by atoms with Gasteiger partial charge >= 0.3 is 0 Å². The summed E-state index contributed by atoms with van der Waals surface area (Å²) in [5, 5.41) is 11.2. The Kier molecular flexibility index (Phi) is 4.26. The molecule has 1 N–H and O–H groups in total. The average Bonchev–Trinajstić information content (AvgIpc) is 2.99. The molecule has 2 atom stereocenters. The molecule has 148 valence electrons. The smallest absolute Gasteiger partial charge is 0.239 e. The monoisotopic (exact) mass is 389 g/mol. The number of Topliss-reactive ketones (excluding diaryl/α,β-unsaturated/α-hetero) is 2. The molecule has 1 amide bonds. The van der Waals surface area contributed by atoms with Gasteiger partial charge in [0.2, 0.25) is 17.5 Å². The van der Waals surface area contributed by atoms with E-state index in [0.717, 1.165) is 5.69 Å². The van der Waals surface area contributed by atoms with Gasteiger partial charge < -0.3 is 5.32 Å². The molecule has 0 unspecified atom stereocenters. The first-order valence-electron chi connectivity index (χ1n) is 9.70. The van der Waals surface area contributed by atoms with Crippen LogP contribution in [0.1, 0.15) is 33.6 Å². The van der Waals surface area contributed by atoms with Crippen molar-refractivity contribution in [1.82, 2.24) is 0 Å². The zero-order valence-corrected chi connectivity index (χ0v) is 16.7. The molecular weight excluding hydrogens is 366 g/mol. The standard InChI is InChI=1S/C23H23N3O3/c1-21(2)22(3)13-14-23(21,19(28)18(22)27)20(29)24-15-9-11-17(12-10-15)26-25-16-7-5-4-6-8-16/h4-12H,13-14H2,1-3H3,(H,24,29)/t22-,23-/m1/s1. The molecule has 2 aliphatic rings. The highest BCUT2D eigenvalue weighted by atomic mass is 16.2. The van der Waals surface area contributed by atoms with Gasteiger partial charge in [0.1, 0.15) is 5.41 Å². The summed E-state index contributed by atoms with van der Waals surface area (Å²) in [6.45, 7) is 5.52. The van der Waals surface area contributed by atoms with Gasteiger partial charge in [-0.1, -0.05) is 39.0 Å². The van der Waals surface area contributed by atoms with Crippen LogP contribution in [0, 0.1) is 16.2 Å². The lowest BCUT2D eigenvalue weighted by Crippen LogP contribution is -2.47. The molecule has 2 fully saturated rings. The fraction of sp³-hybridized carbons (Fsp3) is 0.348. The molecule has 2 aliphatic carbocycles. The summed E-state index contributed by atoms with van der Waals surface area (Å²) in [4.78, 5) is 38.5. The van der Waals surface area contributed by atoms with Crippen LogP contribution in [0.4, 0.5) is 17.1 Å². The maximum absolute atomic E-state index is 13.2. The van der Waals surface area contributed by atoms with Crippen LogP contribution in [-0.4, -0.2) is 17.5 Å². The van der Waals surface area contributed by atoms with Crippen molar-refractivity contribution < 1.29 is 14.4 Å². The van der Waals surface area contributed by atoms with Crippen LogP contribution in [0.25, 0.3) is 0 Å². The lowest BCUT2D eigenvalue weighted by molar-refractivity contribution is -0.147. The second-order valence-corrected chi connectivity index (χ2v) is 8.56. The Morgan fingerprint density at radius 2 is 1.41 bits per heavy atom. The van der Waals surface area contributed by atoms with Gasteiger partial charge in [-0.3, -0.25) is 14.4 Å². The van der Waals surface area contributed by atoms with Crippen LogP contribution >= 0.6 is 0 Å². The van der Waals surface area contributed by atoms with Crippen molar-refractivity contribution in [1.29, 1.82) is 0 Å². The second kappa shape index (κ2) is 6.44. The van der Waals surface area contributed by atoms with Gasteiger partial charge in [0.15, 0.2) is 0 Å². The normalized spacial score (nSPS) is 27.6. The third-order valence-electron chi connectivity index (χ3n) is 7.09. The topological polar surface area (TPSA) is 88.0 Å². The van der Waals surface area contributed by atoms with Crippen molar-refractivity contribution >= 4 is 34.5 Å². The molecule has 0 aromatic heterocycles. The lowest BCUT2D eigenvalue weighted by atomic mass is 9.64. The van der Waals surface area contributed by atoms with Crippen LogP contribution in [0.2, 0.25) is 0 Å². The molecule has 0 spiro atoms. The molecule has 4 rings (SSSR count). The van der Waals surface area contributed by atoms with E-state index in [1.807, 2.05) is 51.1 Å². The van der Waals surface area contributed by atoms with Crippen molar-refractivity contribution in [3.63, 3.8) is 0 Å². The number of benzene rings is 2. The lowest BCUT2D eigenvalue weighted by Gasteiger charge is -2.37. The predicted octanol–water partition coefficient (Wildman–Crippen LogP) is 5.01. The minimum absolute atomic E-state index is 0.399. The molecule has 29 heavy (non-hydrogen) atoms. The molecule has 0 radical (unpaired) electrons. The number of carbonyl (C=O) groups is 3. The number of azo groups is 1. The number of rotatable bonds is 4. The van der Waals surface area contributed by atoms with Crippen LogP contribution in [0.15, 0.2) is 64.8 Å². The fourth-order valence-electron chi connectivity index (χ4n) is 4.73. The van der Waals surface area contributed by atoms with E-state index in [4.69, 9.17) is 0 Å². The molecule has 6 nitrogen and oxygen atoms in total. The van der Waals surface area contributed by atoms with Gasteiger partial charge in [0, 0.05) is 11.1 Å². The Hall–Kier alpha value is -3.15. The highest BCUT2D eigenvalue weighted by Crippen LogP contribution is 2.69. The van der Waals surface area contributed by atoms with Crippen molar-refractivity contribution in [2.45, 2.75) is 33.6 Å². The third kappa shape index (κ3) is 2.58. The number of hydrogen-bond donors (Lipinski definition) is 1. The second-order valence-electron chi connectivity index (χ2n) is 8.56. The van der Waals surface area contributed by atoms with E-state index in [2.05, 4.69) is 15.5 Å². The van der Waals surface area contributed by atoms with E-state index in [1.165, 1.54) is 0 Å². The average molecular weight is 389 g/mol. The Morgan fingerprint density at radius 1 is 0.828 bits per heavy atom. The summed E-state index contributed by atoms with van der Waals surface area (Å²) in [7, 11) is 0. The number of anilines is 1. The summed E-state index contributed by atoms with van der Waals surface area (Å²) in [6, 6.07) is 16.3. The maximum Gasteiger partial charge on any atom is 0.239 e. The Labute approximate surface area is 169 Å². The first-order chi connectivity index (χ1) is 13.7. The fourth-order valence-corrected chi connectivity index (χ4v) is 4.73. The molecule has 2 bridgehead atoms. The zero-order chi connectivity index (χ0) is 20.9. The van der Waals surface area contributed by atoms with E-state index in [1.54, 1.807) is 24.3 Å². The first-order valence-corrected chi connectivity index (χ1v) is 9.70. The van der Waals surface area contributed by atoms with Crippen LogP contribution in [-0.2, 0) is 14.4 Å². The summed E-state index contributed by atoms with van der Waals surface area (Å²) in [5.74, 6) is -1.37. The molecule has 6 heteroatoms. The molecule has 2 aromatic rings. The summed E-state index contributed by atoms with van der Waals surface area (Å²) in [5.41, 5.74) is -0.846. The predicted molar refractivity (Wildman–Crippen MR) is 109 cm³/mol. The summed E-state index contributed by atoms with van der Waals surface area (Å²) < 4.78 is 0. The van der Waals surface area contributed by atoms with Gasteiger partial charge in [0.05, 0.1) is 11.4 Å². The largest absolute Gasteiger partial charge is 0.325 e. The van der Waals surface area contributed by atoms with Crippen molar-refractivity contribution in [2.24, 2.45) is 26.5 Å². The molecule has 2 aromatic carbocycles. The number of amides is 1. The van der Waals surface area contributed by atoms with Crippen molar-refractivity contribution in [2.75, 3.05) is 5.32 Å². The van der Waals surface area contributed by atoms with Gasteiger partial charge in [-0.05, 0) is 54.7 Å². The number of hydrogen-bond acceptors (Lipinski definition) is 5.